The first-order chi connectivity index (χ1) is 14.7. The quantitative estimate of drug-likeness (QED) is 0.764. The molecule has 1 aliphatic carbocycles. The van der Waals surface area contributed by atoms with Crippen LogP contribution in [0.4, 0.5) is 0 Å². The van der Waals surface area contributed by atoms with Gasteiger partial charge in [0.15, 0.2) is 0 Å². The second kappa shape index (κ2) is 9.92. The SMILES string of the molecule is O=C(NCc1ccccc1Cn1cccn1)[C@H]1CCC(=O)N(CC2CCCCC2)C1. The van der Waals surface area contributed by atoms with Gasteiger partial charge in [0, 0.05) is 38.4 Å². The first-order valence-electron chi connectivity index (χ1n) is 11.3. The Morgan fingerprint density at radius 1 is 1.07 bits per heavy atom. The number of carbonyl (C=O) groups excluding carboxylic acids is 2. The monoisotopic (exact) mass is 408 g/mol. The van der Waals surface area contributed by atoms with Gasteiger partial charge in [-0.25, -0.2) is 0 Å². The van der Waals surface area contributed by atoms with Gasteiger partial charge in [-0.2, -0.15) is 5.10 Å². The molecule has 2 heterocycles. The lowest BCUT2D eigenvalue weighted by Crippen LogP contribution is -2.47. The van der Waals surface area contributed by atoms with E-state index in [0.717, 1.165) is 17.7 Å². The Balaban J connectivity index is 1.32. The van der Waals surface area contributed by atoms with Crippen molar-refractivity contribution >= 4 is 11.8 Å². The lowest BCUT2D eigenvalue weighted by atomic mass is 9.87. The van der Waals surface area contributed by atoms with Gasteiger partial charge in [-0.05, 0) is 42.4 Å². The zero-order valence-corrected chi connectivity index (χ0v) is 17.6. The predicted octanol–water partition coefficient (Wildman–Crippen LogP) is 3.37. The first kappa shape index (κ1) is 20.6. The fourth-order valence-electron chi connectivity index (χ4n) is 4.77. The molecule has 6 heteroatoms. The number of rotatable bonds is 7. The Labute approximate surface area is 178 Å². The van der Waals surface area contributed by atoms with Gasteiger partial charge in [-0.3, -0.25) is 14.3 Å². The molecule has 1 aromatic carbocycles. The Kier molecular flexibility index (Phi) is 6.82. The molecule has 1 N–H and O–H groups in total. The van der Waals surface area contributed by atoms with E-state index in [9.17, 15) is 9.59 Å². The minimum Gasteiger partial charge on any atom is -0.352 e. The largest absolute Gasteiger partial charge is 0.352 e. The number of benzene rings is 1. The Hall–Kier alpha value is -2.63. The second-order valence-corrected chi connectivity index (χ2v) is 8.73. The molecular formula is C24H32N4O2. The molecule has 0 radical (unpaired) electrons. The number of hydrogen-bond donors (Lipinski definition) is 1. The van der Waals surface area contributed by atoms with Gasteiger partial charge in [0.1, 0.15) is 0 Å². The van der Waals surface area contributed by atoms with Crippen molar-refractivity contribution in [3.63, 3.8) is 0 Å². The van der Waals surface area contributed by atoms with Crippen LogP contribution in [-0.2, 0) is 22.7 Å². The summed E-state index contributed by atoms with van der Waals surface area (Å²) in [5.41, 5.74) is 2.26. The van der Waals surface area contributed by atoms with Crippen LogP contribution in [0.1, 0.15) is 56.1 Å². The minimum absolute atomic E-state index is 0.0602. The van der Waals surface area contributed by atoms with E-state index in [1.54, 1.807) is 6.20 Å². The van der Waals surface area contributed by atoms with Gasteiger partial charge in [-0.15, -0.1) is 0 Å². The van der Waals surface area contributed by atoms with E-state index in [0.29, 0.717) is 38.4 Å². The first-order valence-corrected chi connectivity index (χ1v) is 11.3. The molecule has 2 aromatic rings. The fourth-order valence-corrected chi connectivity index (χ4v) is 4.77. The van der Waals surface area contributed by atoms with E-state index >= 15 is 0 Å². The number of nitrogens with one attached hydrogen (secondary N) is 1. The number of hydrogen-bond acceptors (Lipinski definition) is 3. The van der Waals surface area contributed by atoms with E-state index in [2.05, 4.69) is 22.5 Å². The highest BCUT2D eigenvalue weighted by Gasteiger charge is 2.31. The number of nitrogens with zero attached hydrogens (tertiary/aromatic N) is 3. The molecule has 6 nitrogen and oxygen atoms in total. The summed E-state index contributed by atoms with van der Waals surface area (Å²) in [5.74, 6) is 0.780. The molecule has 1 aliphatic heterocycles. The maximum Gasteiger partial charge on any atom is 0.225 e. The summed E-state index contributed by atoms with van der Waals surface area (Å²) < 4.78 is 1.89. The summed E-state index contributed by atoms with van der Waals surface area (Å²) in [4.78, 5) is 27.2. The molecule has 160 valence electrons. The third-order valence-electron chi connectivity index (χ3n) is 6.54. The van der Waals surface area contributed by atoms with Crippen LogP contribution in [0.3, 0.4) is 0 Å². The van der Waals surface area contributed by atoms with Crippen LogP contribution in [0, 0.1) is 11.8 Å². The molecule has 0 unspecified atom stereocenters. The highest BCUT2D eigenvalue weighted by atomic mass is 16.2. The summed E-state index contributed by atoms with van der Waals surface area (Å²) in [6, 6.07) is 10.1. The predicted molar refractivity (Wildman–Crippen MR) is 115 cm³/mol. The van der Waals surface area contributed by atoms with Crippen molar-refractivity contribution in [3.8, 4) is 0 Å². The van der Waals surface area contributed by atoms with Crippen LogP contribution in [0.5, 0.6) is 0 Å². The molecule has 1 saturated carbocycles. The molecule has 1 atom stereocenters. The van der Waals surface area contributed by atoms with Crippen molar-refractivity contribution in [3.05, 3.63) is 53.9 Å². The highest BCUT2D eigenvalue weighted by molar-refractivity contribution is 5.83. The van der Waals surface area contributed by atoms with Crippen LogP contribution in [0.2, 0.25) is 0 Å². The smallest absolute Gasteiger partial charge is 0.225 e. The maximum absolute atomic E-state index is 12.9. The molecule has 0 spiro atoms. The zero-order chi connectivity index (χ0) is 20.8. The molecule has 1 saturated heterocycles. The van der Waals surface area contributed by atoms with Crippen LogP contribution in [0.25, 0.3) is 0 Å². The Morgan fingerprint density at radius 2 is 1.87 bits per heavy atom. The molecule has 1 aromatic heterocycles. The normalized spacial score (nSPS) is 20.3. The van der Waals surface area contributed by atoms with Crippen molar-refractivity contribution in [1.29, 1.82) is 0 Å². The standard InChI is InChI=1S/C24H32N4O2/c29-23-12-11-22(17-27(23)16-19-7-2-1-3-8-19)24(30)25-15-20-9-4-5-10-21(20)18-28-14-6-13-26-28/h4-6,9-10,13-14,19,22H,1-3,7-8,11-12,15-18H2,(H,25,30)/t22-/m0/s1. The van der Waals surface area contributed by atoms with Gasteiger partial charge in [0.05, 0.1) is 12.5 Å². The Morgan fingerprint density at radius 3 is 2.63 bits per heavy atom. The second-order valence-electron chi connectivity index (χ2n) is 8.73. The topological polar surface area (TPSA) is 67.2 Å². The Bertz CT molecular complexity index is 843. The lowest BCUT2D eigenvalue weighted by molar-refractivity contribution is -0.139. The van der Waals surface area contributed by atoms with Crippen LogP contribution in [-0.4, -0.2) is 39.6 Å². The summed E-state index contributed by atoms with van der Waals surface area (Å²) in [6.45, 7) is 2.58. The molecule has 2 fully saturated rings. The van der Waals surface area contributed by atoms with Gasteiger partial charge in [-0.1, -0.05) is 43.5 Å². The highest BCUT2D eigenvalue weighted by Crippen LogP contribution is 2.27. The fraction of sp³-hybridized carbons (Fsp3) is 0.542. The number of likely N-dealkylation sites (tertiary alicyclic amines) is 1. The molecule has 4 rings (SSSR count). The maximum atomic E-state index is 12.9. The van der Waals surface area contributed by atoms with Crippen LogP contribution in [0.15, 0.2) is 42.7 Å². The van der Waals surface area contributed by atoms with E-state index in [-0.39, 0.29) is 17.7 Å². The molecule has 0 bridgehead atoms. The van der Waals surface area contributed by atoms with Crippen molar-refractivity contribution in [2.24, 2.45) is 11.8 Å². The van der Waals surface area contributed by atoms with Gasteiger partial charge in [0.25, 0.3) is 0 Å². The number of aromatic nitrogens is 2. The number of carbonyl (C=O) groups is 2. The van der Waals surface area contributed by atoms with Crippen molar-refractivity contribution in [2.45, 2.75) is 58.0 Å². The number of piperidine rings is 1. The third-order valence-corrected chi connectivity index (χ3v) is 6.54. The average molecular weight is 409 g/mol. The van der Waals surface area contributed by atoms with E-state index in [4.69, 9.17) is 0 Å². The van der Waals surface area contributed by atoms with E-state index < -0.39 is 0 Å². The third kappa shape index (κ3) is 5.29. The molecule has 2 amide bonds. The van der Waals surface area contributed by atoms with Gasteiger partial charge >= 0.3 is 0 Å². The van der Waals surface area contributed by atoms with E-state index in [1.807, 2.05) is 34.0 Å². The van der Waals surface area contributed by atoms with Crippen molar-refractivity contribution in [2.75, 3.05) is 13.1 Å². The van der Waals surface area contributed by atoms with Crippen LogP contribution < -0.4 is 5.32 Å². The lowest BCUT2D eigenvalue weighted by Gasteiger charge is -2.35. The van der Waals surface area contributed by atoms with Crippen LogP contribution >= 0.6 is 0 Å². The molecule has 2 aliphatic rings. The van der Waals surface area contributed by atoms with Gasteiger partial charge in [0.2, 0.25) is 11.8 Å². The minimum atomic E-state index is -0.107. The molecular weight excluding hydrogens is 376 g/mol. The summed E-state index contributed by atoms with van der Waals surface area (Å²) in [6.07, 6.45) is 11.1. The van der Waals surface area contributed by atoms with Crippen molar-refractivity contribution in [1.82, 2.24) is 20.0 Å². The number of amides is 2. The summed E-state index contributed by atoms with van der Waals surface area (Å²) in [5, 5.41) is 7.40. The van der Waals surface area contributed by atoms with Crippen molar-refractivity contribution < 1.29 is 9.59 Å². The molecule has 30 heavy (non-hydrogen) atoms. The summed E-state index contributed by atoms with van der Waals surface area (Å²) >= 11 is 0. The summed E-state index contributed by atoms with van der Waals surface area (Å²) in [7, 11) is 0. The van der Waals surface area contributed by atoms with Gasteiger partial charge < -0.3 is 10.2 Å². The average Bonchev–Trinajstić information content (AvgIpc) is 3.28. The van der Waals surface area contributed by atoms with E-state index in [1.165, 1.54) is 32.1 Å². The zero-order valence-electron chi connectivity index (χ0n) is 17.6.